The summed E-state index contributed by atoms with van der Waals surface area (Å²) in [6.45, 7) is 7.20. The number of nitrogens with zero attached hydrogens (tertiary/aromatic N) is 2. The molecule has 0 aromatic heterocycles. The van der Waals surface area contributed by atoms with E-state index < -0.39 is 10.2 Å². The average Bonchev–Trinajstić information content (AvgIpc) is 3.27. The summed E-state index contributed by atoms with van der Waals surface area (Å²) in [5, 5.41) is 3.21. The van der Waals surface area contributed by atoms with Crippen LogP contribution in [0.4, 0.5) is 0 Å². The molecule has 0 aromatic carbocycles. The fraction of sp³-hybridized carbons (Fsp3) is 1.00. The molecule has 6 nitrogen and oxygen atoms in total. The van der Waals surface area contributed by atoms with Crippen molar-refractivity contribution in [2.75, 3.05) is 46.9 Å². The van der Waals surface area contributed by atoms with Crippen LogP contribution in [0.25, 0.3) is 0 Å². The molecule has 0 bridgehead atoms. The zero-order valence-corrected chi connectivity index (χ0v) is 14.7. The van der Waals surface area contributed by atoms with E-state index in [1.807, 2.05) is 13.8 Å². The highest BCUT2D eigenvalue weighted by Crippen LogP contribution is 2.36. The molecule has 0 heterocycles. The molecule has 0 spiro atoms. The highest BCUT2D eigenvalue weighted by atomic mass is 32.2. The lowest BCUT2D eigenvalue weighted by molar-refractivity contribution is 0.160. The van der Waals surface area contributed by atoms with Crippen molar-refractivity contribution in [3.63, 3.8) is 0 Å². The number of hydrogen-bond acceptors (Lipinski definition) is 4. The van der Waals surface area contributed by atoms with Gasteiger partial charge >= 0.3 is 0 Å². The third-order valence-corrected chi connectivity index (χ3v) is 6.12. The first-order chi connectivity index (χ1) is 9.95. The summed E-state index contributed by atoms with van der Waals surface area (Å²) in [4.78, 5) is 0. The Morgan fingerprint density at radius 1 is 1.33 bits per heavy atom. The van der Waals surface area contributed by atoms with Crippen molar-refractivity contribution in [3.8, 4) is 0 Å². The van der Waals surface area contributed by atoms with Gasteiger partial charge < -0.3 is 10.1 Å². The van der Waals surface area contributed by atoms with Crippen molar-refractivity contribution in [2.24, 2.45) is 5.92 Å². The van der Waals surface area contributed by atoms with Crippen LogP contribution < -0.4 is 5.32 Å². The summed E-state index contributed by atoms with van der Waals surface area (Å²) >= 11 is 0. The van der Waals surface area contributed by atoms with Crippen LogP contribution in [0.2, 0.25) is 0 Å². The fourth-order valence-electron chi connectivity index (χ4n) is 2.42. The summed E-state index contributed by atoms with van der Waals surface area (Å²) in [5.41, 5.74) is 0. The van der Waals surface area contributed by atoms with Gasteiger partial charge in [0.25, 0.3) is 10.2 Å². The maximum atomic E-state index is 12.7. The Morgan fingerprint density at radius 2 is 2.00 bits per heavy atom. The van der Waals surface area contributed by atoms with E-state index in [0.717, 1.165) is 32.4 Å². The van der Waals surface area contributed by atoms with Crippen LogP contribution in [0.1, 0.15) is 33.1 Å². The molecule has 7 heteroatoms. The monoisotopic (exact) mass is 321 g/mol. The molecule has 0 radical (unpaired) electrons. The summed E-state index contributed by atoms with van der Waals surface area (Å²) in [5.74, 6) is 0.506. The van der Waals surface area contributed by atoms with E-state index in [4.69, 9.17) is 4.74 Å². The van der Waals surface area contributed by atoms with E-state index in [1.54, 1.807) is 18.5 Å². The maximum Gasteiger partial charge on any atom is 0.282 e. The van der Waals surface area contributed by atoms with Crippen molar-refractivity contribution in [3.05, 3.63) is 0 Å². The molecular formula is C14H31N3O3S. The second-order valence-electron chi connectivity index (χ2n) is 5.72. The lowest BCUT2D eigenvalue weighted by Crippen LogP contribution is -2.48. The van der Waals surface area contributed by atoms with Gasteiger partial charge in [0.05, 0.1) is 6.61 Å². The number of rotatable bonds is 12. The van der Waals surface area contributed by atoms with Crippen LogP contribution in [0.15, 0.2) is 0 Å². The molecule has 1 unspecified atom stereocenters. The van der Waals surface area contributed by atoms with E-state index in [9.17, 15) is 8.42 Å². The van der Waals surface area contributed by atoms with Gasteiger partial charge in [-0.1, -0.05) is 6.92 Å². The molecule has 1 atom stereocenters. The lowest BCUT2D eigenvalue weighted by Gasteiger charge is -2.32. The molecule has 1 aliphatic rings. The van der Waals surface area contributed by atoms with E-state index in [2.05, 4.69) is 5.32 Å². The van der Waals surface area contributed by atoms with Crippen molar-refractivity contribution < 1.29 is 13.2 Å². The SMILES string of the molecule is CCNCCCN(C)S(=O)(=O)N(CCOC)C(C)C1CC1. The van der Waals surface area contributed by atoms with Crippen molar-refractivity contribution in [1.82, 2.24) is 13.9 Å². The van der Waals surface area contributed by atoms with Crippen LogP contribution in [-0.2, 0) is 14.9 Å². The van der Waals surface area contributed by atoms with Crippen LogP contribution in [-0.4, -0.2) is 70.0 Å². The third-order valence-electron chi connectivity index (χ3n) is 4.04. The molecule has 1 aliphatic carbocycles. The molecule has 0 aromatic rings. The van der Waals surface area contributed by atoms with E-state index in [0.29, 0.717) is 25.6 Å². The topological polar surface area (TPSA) is 61.9 Å². The summed E-state index contributed by atoms with van der Waals surface area (Å²) < 4.78 is 33.7. The zero-order valence-electron chi connectivity index (χ0n) is 13.8. The lowest BCUT2D eigenvalue weighted by atomic mass is 10.2. The van der Waals surface area contributed by atoms with Gasteiger partial charge in [0.1, 0.15) is 0 Å². The second-order valence-corrected chi connectivity index (χ2v) is 7.71. The van der Waals surface area contributed by atoms with Gasteiger partial charge in [-0.15, -0.1) is 0 Å². The van der Waals surface area contributed by atoms with Gasteiger partial charge in [-0.2, -0.15) is 17.0 Å². The minimum atomic E-state index is -3.41. The average molecular weight is 321 g/mol. The van der Waals surface area contributed by atoms with Gasteiger partial charge in [0.15, 0.2) is 0 Å². The summed E-state index contributed by atoms with van der Waals surface area (Å²) in [6.07, 6.45) is 3.08. The van der Waals surface area contributed by atoms with Gasteiger partial charge in [-0.3, -0.25) is 0 Å². The molecule has 1 rings (SSSR count). The van der Waals surface area contributed by atoms with Crippen molar-refractivity contribution in [2.45, 2.75) is 39.2 Å². The molecular weight excluding hydrogens is 290 g/mol. The van der Waals surface area contributed by atoms with E-state index in [-0.39, 0.29) is 6.04 Å². The quantitative estimate of drug-likeness (QED) is 0.543. The number of ether oxygens (including phenoxy) is 1. The first-order valence-corrected chi connectivity index (χ1v) is 9.27. The number of methoxy groups -OCH3 is 1. The number of nitrogens with one attached hydrogen (secondary N) is 1. The zero-order chi connectivity index (χ0) is 15.9. The molecule has 0 saturated heterocycles. The molecule has 21 heavy (non-hydrogen) atoms. The molecule has 0 amide bonds. The highest BCUT2D eigenvalue weighted by molar-refractivity contribution is 7.86. The van der Waals surface area contributed by atoms with E-state index >= 15 is 0 Å². The van der Waals surface area contributed by atoms with Gasteiger partial charge in [0.2, 0.25) is 0 Å². The van der Waals surface area contributed by atoms with Gasteiger partial charge in [0, 0.05) is 33.3 Å². The Balaban J connectivity index is 2.63. The summed E-state index contributed by atoms with van der Waals surface area (Å²) in [7, 11) is -0.135. The predicted octanol–water partition coefficient (Wildman–Crippen LogP) is 0.910. The maximum absolute atomic E-state index is 12.7. The van der Waals surface area contributed by atoms with Crippen LogP contribution in [0.3, 0.4) is 0 Å². The molecule has 1 fully saturated rings. The van der Waals surface area contributed by atoms with Crippen molar-refractivity contribution in [1.29, 1.82) is 0 Å². The second kappa shape index (κ2) is 9.05. The molecule has 0 aliphatic heterocycles. The smallest absolute Gasteiger partial charge is 0.282 e. The minimum absolute atomic E-state index is 0.0568. The largest absolute Gasteiger partial charge is 0.383 e. The Hall–Kier alpha value is -0.210. The number of hydrogen-bond donors (Lipinski definition) is 1. The highest BCUT2D eigenvalue weighted by Gasteiger charge is 2.38. The Labute approximate surface area is 130 Å². The van der Waals surface area contributed by atoms with Gasteiger partial charge in [-0.05, 0) is 45.2 Å². The first kappa shape index (κ1) is 18.8. The van der Waals surface area contributed by atoms with Crippen LogP contribution in [0.5, 0.6) is 0 Å². The Kier molecular flexibility index (Phi) is 8.12. The van der Waals surface area contributed by atoms with Crippen molar-refractivity contribution >= 4 is 10.2 Å². The predicted molar refractivity (Wildman–Crippen MR) is 85.5 cm³/mol. The normalized spacial score (nSPS) is 17.6. The van der Waals surface area contributed by atoms with Crippen LogP contribution >= 0.6 is 0 Å². The van der Waals surface area contributed by atoms with Gasteiger partial charge in [-0.25, -0.2) is 0 Å². The Morgan fingerprint density at radius 3 is 2.52 bits per heavy atom. The Bertz CT molecular complexity index is 385. The molecule has 126 valence electrons. The standard InChI is InChI=1S/C14H31N3O3S/c1-5-15-9-6-10-16(3)21(18,19)17(11-12-20-4)13(2)14-7-8-14/h13-15H,5-12H2,1-4H3. The third kappa shape index (κ3) is 5.83. The van der Waals surface area contributed by atoms with Crippen LogP contribution in [0, 0.1) is 5.92 Å². The first-order valence-electron chi connectivity index (χ1n) is 7.87. The molecule has 1 N–H and O–H groups in total. The molecule has 1 saturated carbocycles. The van der Waals surface area contributed by atoms with E-state index in [1.165, 1.54) is 4.31 Å². The summed E-state index contributed by atoms with van der Waals surface area (Å²) in [6, 6.07) is 0.0568. The fourth-order valence-corrected chi connectivity index (χ4v) is 4.04. The minimum Gasteiger partial charge on any atom is -0.383 e.